The topological polar surface area (TPSA) is 0 Å². The van der Waals surface area contributed by atoms with E-state index in [0.29, 0.717) is 0 Å². The lowest BCUT2D eigenvalue weighted by atomic mass is 9.42. The molecule has 0 saturated heterocycles. The SMILES string of the molecule is Clc1ccccc1-c1cccc2c1C1(c3ccc(-c4ccccc4)cc3-2)C2CC3CC(C2)CC1C3. The van der Waals surface area contributed by atoms with E-state index in [1.165, 1.54) is 65.5 Å². The molecule has 0 aliphatic heterocycles. The van der Waals surface area contributed by atoms with Gasteiger partial charge in [0.05, 0.1) is 0 Å². The zero-order chi connectivity index (χ0) is 23.1. The summed E-state index contributed by atoms with van der Waals surface area (Å²) in [4.78, 5) is 0. The van der Waals surface area contributed by atoms with Gasteiger partial charge in [-0.15, -0.1) is 0 Å². The average Bonchev–Trinajstić information content (AvgIpc) is 3.18. The Hall–Kier alpha value is -2.83. The van der Waals surface area contributed by atoms with Gasteiger partial charge in [-0.25, -0.2) is 0 Å². The Labute approximate surface area is 213 Å². The molecule has 4 fully saturated rings. The zero-order valence-electron chi connectivity index (χ0n) is 19.9. The summed E-state index contributed by atoms with van der Waals surface area (Å²) in [5, 5.41) is 0.862. The summed E-state index contributed by atoms with van der Waals surface area (Å²) < 4.78 is 0. The standard InChI is InChI=1S/C34H29Cl/c35-32-12-5-4-9-27(32)28-10-6-11-29-30-20-24(23-7-2-1-3-8-23)13-14-31(30)34(33(28)29)25-16-21-15-22(18-25)19-26(34)17-21/h1-14,20-22,25-26H,15-19H2. The largest absolute Gasteiger partial charge is 0.0837 e. The number of rotatable bonds is 2. The first-order valence-corrected chi connectivity index (χ1v) is 13.7. The second kappa shape index (κ2) is 7.34. The lowest BCUT2D eigenvalue weighted by molar-refractivity contribution is -0.0397. The lowest BCUT2D eigenvalue weighted by Crippen LogP contribution is -2.55. The van der Waals surface area contributed by atoms with E-state index >= 15 is 0 Å². The molecule has 4 bridgehead atoms. The summed E-state index contributed by atoms with van der Waals surface area (Å²) in [6, 6.07) is 33.7. The van der Waals surface area contributed by atoms with E-state index < -0.39 is 0 Å². The van der Waals surface area contributed by atoms with Gasteiger partial charge in [0.15, 0.2) is 0 Å². The maximum absolute atomic E-state index is 6.86. The van der Waals surface area contributed by atoms with Crippen LogP contribution in [-0.4, -0.2) is 0 Å². The molecular formula is C34H29Cl. The number of halogens is 1. The van der Waals surface area contributed by atoms with Gasteiger partial charge in [-0.3, -0.25) is 0 Å². The number of benzene rings is 4. The highest BCUT2D eigenvalue weighted by molar-refractivity contribution is 6.33. The predicted octanol–water partition coefficient (Wildman–Crippen LogP) is 9.40. The highest BCUT2D eigenvalue weighted by Crippen LogP contribution is 2.70. The smallest absolute Gasteiger partial charge is 0.0484 e. The van der Waals surface area contributed by atoms with Gasteiger partial charge in [0.2, 0.25) is 0 Å². The molecule has 35 heavy (non-hydrogen) atoms. The van der Waals surface area contributed by atoms with Gasteiger partial charge in [-0.05, 0) is 107 Å². The van der Waals surface area contributed by atoms with Crippen LogP contribution >= 0.6 is 11.6 Å². The Morgan fingerprint density at radius 1 is 0.543 bits per heavy atom. The summed E-state index contributed by atoms with van der Waals surface area (Å²) >= 11 is 6.86. The van der Waals surface area contributed by atoms with Crippen molar-refractivity contribution in [2.45, 2.75) is 37.5 Å². The second-order valence-electron chi connectivity index (χ2n) is 11.5. The fraction of sp³-hybridized carbons (Fsp3) is 0.294. The maximum Gasteiger partial charge on any atom is 0.0484 e. The van der Waals surface area contributed by atoms with Crippen LogP contribution in [0.5, 0.6) is 0 Å². The Morgan fingerprint density at radius 2 is 1.17 bits per heavy atom. The van der Waals surface area contributed by atoms with E-state index in [-0.39, 0.29) is 5.41 Å². The molecule has 1 spiro atoms. The Bertz CT molecular complexity index is 1440. The number of hydrogen-bond acceptors (Lipinski definition) is 0. The molecule has 4 saturated carbocycles. The van der Waals surface area contributed by atoms with Gasteiger partial charge < -0.3 is 0 Å². The Balaban J connectivity index is 1.44. The van der Waals surface area contributed by atoms with Crippen molar-refractivity contribution in [3.8, 4) is 33.4 Å². The van der Waals surface area contributed by atoms with Crippen LogP contribution in [0, 0.1) is 23.7 Å². The van der Waals surface area contributed by atoms with Gasteiger partial charge in [0, 0.05) is 16.0 Å². The van der Waals surface area contributed by atoms with Crippen molar-refractivity contribution in [2.24, 2.45) is 23.7 Å². The highest BCUT2D eigenvalue weighted by atomic mass is 35.5. The number of fused-ring (bicyclic) bond motifs is 3. The van der Waals surface area contributed by atoms with Crippen LogP contribution in [0.1, 0.15) is 43.2 Å². The quantitative estimate of drug-likeness (QED) is 0.272. The van der Waals surface area contributed by atoms with Crippen LogP contribution < -0.4 is 0 Å². The molecule has 172 valence electrons. The van der Waals surface area contributed by atoms with E-state index in [0.717, 1.165) is 28.7 Å². The lowest BCUT2D eigenvalue weighted by Gasteiger charge is -2.61. The summed E-state index contributed by atoms with van der Waals surface area (Å²) in [5.74, 6) is 3.35. The normalized spacial score (nSPS) is 29.4. The van der Waals surface area contributed by atoms with Gasteiger partial charge in [-0.1, -0.05) is 90.5 Å². The van der Waals surface area contributed by atoms with Crippen LogP contribution in [-0.2, 0) is 5.41 Å². The molecule has 5 aliphatic carbocycles. The maximum atomic E-state index is 6.86. The van der Waals surface area contributed by atoms with Crippen LogP contribution in [0.2, 0.25) is 5.02 Å². The molecule has 0 heterocycles. The minimum atomic E-state index is 0.128. The summed E-state index contributed by atoms with van der Waals surface area (Å²) in [6.07, 6.45) is 7.04. The van der Waals surface area contributed by atoms with Gasteiger partial charge in [0.1, 0.15) is 0 Å². The molecule has 0 radical (unpaired) electrons. The molecule has 0 atom stereocenters. The fourth-order valence-electron chi connectivity index (χ4n) is 8.97. The first kappa shape index (κ1) is 20.4. The van der Waals surface area contributed by atoms with Crippen molar-refractivity contribution >= 4 is 11.6 Å². The van der Waals surface area contributed by atoms with E-state index in [1.807, 2.05) is 0 Å². The third kappa shape index (κ3) is 2.70. The van der Waals surface area contributed by atoms with Crippen molar-refractivity contribution in [3.05, 3.63) is 107 Å². The Kier molecular flexibility index (Phi) is 4.27. The minimum Gasteiger partial charge on any atom is -0.0837 e. The van der Waals surface area contributed by atoms with E-state index in [2.05, 4.69) is 91.0 Å². The van der Waals surface area contributed by atoms with Gasteiger partial charge in [0.25, 0.3) is 0 Å². The summed E-state index contributed by atoms with van der Waals surface area (Å²) in [7, 11) is 0. The zero-order valence-corrected chi connectivity index (χ0v) is 20.6. The van der Waals surface area contributed by atoms with E-state index in [9.17, 15) is 0 Å². The van der Waals surface area contributed by atoms with E-state index in [1.54, 1.807) is 11.1 Å². The number of hydrogen-bond donors (Lipinski definition) is 0. The first-order valence-electron chi connectivity index (χ1n) is 13.3. The molecule has 0 nitrogen and oxygen atoms in total. The van der Waals surface area contributed by atoms with Crippen molar-refractivity contribution in [3.63, 3.8) is 0 Å². The minimum absolute atomic E-state index is 0.128. The van der Waals surface area contributed by atoms with Crippen molar-refractivity contribution in [1.29, 1.82) is 0 Å². The third-order valence-corrected chi connectivity index (χ3v) is 10.3. The first-order chi connectivity index (χ1) is 17.2. The molecule has 4 aromatic rings. The summed E-state index contributed by atoms with van der Waals surface area (Å²) in [5.41, 5.74) is 11.4. The summed E-state index contributed by atoms with van der Waals surface area (Å²) in [6.45, 7) is 0. The molecule has 5 aliphatic rings. The Morgan fingerprint density at radius 3 is 1.89 bits per heavy atom. The van der Waals surface area contributed by atoms with Crippen molar-refractivity contribution in [2.75, 3.05) is 0 Å². The highest BCUT2D eigenvalue weighted by Gasteiger charge is 2.62. The predicted molar refractivity (Wildman–Crippen MR) is 146 cm³/mol. The average molecular weight is 473 g/mol. The molecule has 0 aromatic heterocycles. The molecule has 0 N–H and O–H groups in total. The molecule has 9 rings (SSSR count). The van der Waals surface area contributed by atoms with Crippen LogP contribution in [0.4, 0.5) is 0 Å². The van der Waals surface area contributed by atoms with Gasteiger partial charge in [-0.2, -0.15) is 0 Å². The molecule has 4 aromatic carbocycles. The van der Waals surface area contributed by atoms with Crippen LogP contribution in [0.25, 0.3) is 33.4 Å². The second-order valence-corrected chi connectivity index (χ2v) is 11.9. The molecule has 0 unspecified atom stereocenters. The van der Waals surface area contributed by atoms with E-state index in [4.69, 9.17) is 11.6 Å². The third-order valence-electron chi connectivity index (χ3n) is 9.93. The monoisotopic (exact) mass is 472 g/mol. The van der Waals surface area contributed by atoms with Crippen LogP contribution in [0.3, 0.4) is 0 Å². The van der Waals surface area contributed by atoms with Gasteiger partial charge >= 0.3 is 0 Å². The van der Waals surface area contributed by atoms with Crippen LogP contribution in [0.15, 0.2) is 91.0 Å². The van der Waals surface area contributed by atoms with Crippen molar-refractivity contribution < 1.29 is 0 Å². The molecular weight excluding hydrogens is 444 g/mol. The van der Waals surface area contributed by atoms with Crippen molar-refractivity contribution in [1.82, 2.24) is 0 Å². The molecule has 1 heteroatoms. The fourth-order valence-corrected chi connectivity index (χ4v) is 9.21. The molecule has 0 amide bonds.